The molecular weight excluding hydrogens is 294 g/mol. The number of para-hydroxylation sites is 1. The number of halogens is 1. The van der Waals surface area contributed by atoms with Crippen molar-refractivity contribution in [3.63, 3.8) is 0 Å². The lowest BCUT2D eigenvalue weighted by Crippen LogP contribution is -2.12. The molecule has 0 unspecified atom stereocenters. The quantitative estimate of drug-likeness (QED) is 0.815. The number of hydrogen-bond acceptors (Lipinski definition) is 3. The maximum atomic E-state index is 11.8. The molecule has 0 saturated carbocycles. The second kappa shape index (κ2) is 7.22. The van der Waals surface area contributed by atoms with E-state index in [1.807, 2.05) is 18.2 Å². The summed E-state index contributed by atoms with van der Waals surface area (Å²) in [5.74, 6) is 0.793. The van der Waals surface area contributed by atoms with Crippen molar-refractivity contribution in [1.29, 1.82) is 0 Å². The van der Waals surface area contributed by atoms with Gasteiger partial charge in [0.2, 0.25) is 5.91 Å². The number of anilines is 1. The Hall–Kier alpha value is -1.65. The fraction of sp³-hybridized carbons (Fsp3) is 0.133. The molecule has 0 aliphatic heterocycles. The summed E-state index contributed by atoms with van der Waals surface area (Å²) in [6.07, 6.45) is 0.381. The van der Waals surface area contributed by atoms with Gasteiger partial charge in [0, 0.05) is 17.1 Å². The highest BCUT2D eigenvalue weighted by Gasteiger charge is 2.05. The van der Waals surface area contributed by atoms with E-state index in [0.717, 1.165) is 4.90 Å². The van der Waals surface area contributed by atoms with Gasteiger partial charge in [-0.25, -0.2) is 0 Å². The molecule has 0 heterocycles. The Morgan fingerprint density at radius 2 is 2.00 bits per heavy atom. The van der Waals surface area contributed by atoms with Crippen molar-refractivity contribution in [2.75, 3.05) is 11.1 Å². The molecule has 0 aliphatic rings. The molecule has 0 radical (unpaired) electrons. The number of phenolic OH excluding ortho intramolecular Hbond substituents is 1. The molecule has 0 bridgehead atoms. The van der Waals surface area contributed by atoms with E-state index in [2.05, 4.69) is 5.32 Å². The molecule has 2 N–H and O–H groups in total. The van der Waals surface area contributed by atoms with Crippen LogP contribution >= 0.6 is 23.4 Å². The average molecular weight is 308 g/mol. The Bertz CT molecular complexity index is 604. The van der Waals surface area contributed by atoms with Crippen LogP contribution in [0.25, 0.3) is 0 Å². The summed E-state index contributed by atoms with van der Waals surface area (Å²) in [6, 6.07) is 14.1. The molecule has 2 aromatic rings. The van der Waals surface area contributed by atoms with E-state index in [9.17, 15) is 9.90 Å². The van der Waals surface area contributed by atoms with Crippen LogP contribution in [0.3, 0.4) is 0 Å². The van der Waals surface area contributed by atoms with Gasteiger partial charge >= 0.3 is 0 Å². The number of carbonyl (C=O) groups is 1. The highest BCUT2D eigenvalue weighted by molar-refractivity contribution is 7.99. The first-order valence-corrected chi connectivity index (χ1v) is 7.48. The summed E-state index contributed by atoms with van der Waals surface area (Å²) in [4.78, 5) is 12.7. The van der Waals surface area contributed by atoms with Crippen molar-refractivity contribution in [2.24, 2.45) is 0 Å². The van der Waals surface area contributed by atoms with Gasteiger partial charge in [0.1, 0.15) is 5.75 Å². The van der Waals surface area contributed by atoms with Crippen LogP contribution in [0.1, 0.15) is 6.42 Å². The van der Waals surface area contributed by atoms with E-state index in [1.165, 1.54) is 11.8 Å². The predicted molar refractivity (Wildman–Crippen MR) is 83.5 cm³/mol. The molecule has 0 spiro atoms. The van der Waals surface area contributed by atoms with Crippen molar-refractivity contribution in [1.82, 2.24) is 0 Å². The Morgan fingerprint density at radius 3 is 2.75 bits per heavy atom. The van der Waals surface area contributed by atoms with E-state index in [4.69, 9.17) is 11.6 Å². The highest BCUT2D eigenvalue weighted by Crippen LogP contribution is 2.23. The number of nitrogens with one attached hydrogen (secondary N) is 1. The number of phenols is 1. The summed E-state index contributed by atoms with van der Waals surface area (Å²) in [7, 11) is 0. The Balaban J connectivity index is 1.80. The number of rotatable bonds is 5. The SMILES string of the molecule is O=C(CCSc1cccc(O)c1)Nc1ccccc1Cl. The van der Waals surface area contributed by atoms with Crippen LogP contribution in [-0.2, 0) is 4.79 Å². The van der Waals surface area contributed by atoms with Gasteiger partial charge in [-0.3, -0.25) is 4.79 Å². The number of amides is 1. The first-order valence-electron chi connectivity index (χ1n) is 6.11. The van der Waals surface area contributed by atoms with E-state index in [-0.39, 0.29) is 11.7 Å². The summed E-state index contributed by atoms with van der Waals surface area (Å²) in [6.45, 7) is 0. The third-order valence-corrected chi connectivity index (χ3v) is 3.89. The Kier molecular flexibility index (Phi) is 5.32. The molecule has 3 nitrogen and oxygen atoms in total. The zero-order valence-corrected chi connectivity index (χ0v) is 12.2. The Labute approximate surface area is 127 Å². The van der Waals surface area contributed by atoms with E-state index >= 15 is 0 Å². The van der Waals surface area contributed by atoms with Gasteiger partial charge in [-0.1, -0.05) is 29.8 Å². The van der Waals surface area contributed by atoms with Gasteiger partial charge in [-0.2, -0.15) is 0 Å². The number of benzene rings is 2. The van der Waals surface area contributed by atoms with Gasteiger partial charge in [0.25, 0.3) is 0 Å². The smallest absolute Gasteiger partial charge is 0.225 e. The van der Waals surface area contributed by atoms with E-state index in [0.29, 0.717) is 22.9 Å². The molecule has 1 amide bonds. The highest BCUT2D eigenvalue weighted by atomic mass is 35.5. The lowest BCUT2D eigenvalue weighted by molar-refractivity contribution is -0.115. The summed E-state index contributed by atoms with van der Waals surface area (Å²) < 4.78 is 0. The number of carbonyl (C=O) groups excluding carboxylic acids is 1. The molecule has 20 heavy (non-hydrogen) atoms. The van der Waals surface area contributed by atoms with Gasteiger partial charge in [-0.15, -0.1) is 11.8 Å². The van der Waals surface area contributed by atoms with Crippen LogP contribution in [0.5, 0.6) is 5.75 Å². The van der Waals surface area contributed by atoms with E-state index in [1.54, 1.807) is 30.3 Å². The monoisotopic (exact) mass is 307 g/mol. The van der Waals surface area contributed by atoms with Crippen LogP contribution in [0.4, 0.5) is 5.69 Å². The minimum Gasteiger partial charge on any atom is -0.508 e. The molecule has 2 rings (SSSR count). The lowest BCUT2D eigenvalue weighted by atomic mass is 10.3. The number of aromatic hydroxyl groups is 1. The van der Waals surface area contributed by atoms with Gasteiger partial charge < -0.3 is 10.4 Å². The van der Waals surface area contributed by atoms with Gasteiger partial charge in [0.05, 0.1) is 10.7 Å². The zero-order valence-electron chi connectivity index (χ0n) is 10.7. The number of thioether (sulfide) groups is 1. The van der Waals surface area contributed by atoms with Gasteiger partial charge in [-0.05, 0) is 30.3 Å². The lowest BCUT2D eigenvalue weighted by Gasteiger charge is -2.07. The molecule has 0 atom stereocenters. The fourth-order valence-corrected chi connectivity index (χ4v) is 2.70. The summed E-state index contributed by atoms with van der Waals surface area (Å²) in [5.41, 5.74) is 0.626. The normalized spacial score (nSPS) is 10.2. The minimum absolute atomic E-state index is 0.0780. The van der Waals surface area contributed by atoms with Crippen molar-refractivity contribution in [3.05, 3.63) is 53.6 Å². The maximum Gasteiger partial charge on any atom is 0.225 e. The average Bonchev–Trinajstić information content (AvgIpc) is 2.41. The summed E-state index contributed by atoms with van der Waals surface area (Å²) >= 11 is 7.49. The molecule has 5 heteroatoms. The van der Waals surface area contributed by atoms with Crippen molar-refractivity contribution in [2.45, 2.75) is 11.3 Å². The second-order valence-electron chi connectivity index (χ2n) is 4.12. The first kappa shape index (κ1) is 14.8. The zero-order chi connectivity index (χ0) is 14.4. The number of hydrogen-bond donors (Lipinski definition) is 2. The Morgan fingerprint density at radius 1 is 1.20 bits per heavy atom. The largest absolute Gasteiger partial charge is 0.508 e. The van der Waals surface area contributed by atoms with Crippen LogP contribution < -0.4 is 5.32 Å². The molecule has 0 aliphatic carbocycles. The molecule has 0 fully saturated rings. The minimum atomic E-state index is -0.0780. The van der Waals surface area contributed by atoms with Crippen LogP contribution in [-0.4, -0.2) is 16.8 Å². The van der Waals surface area contributed by atoms with Crippen LogP contribution in [0, 0.1) is 0 Å². The molecule has 0 saturated heterocycles. The molecule has 2 aromatic carbocycles. The van der Waals surface area contributed by atoms with Crippen molar-refractivity contribution >= 4 is 35.0 Å². The van der Waals surface area contributed by atoms with Crippen LogP contribution in [0.15, 0.2) is 53.4 Å². The van der Waals surface area contributed by atoms with Crippen molar-refractivity contribution in [3.8, 4) is 5.75 Å². The molecule has 0 aromatic heterocycles. The first-order chi connectivity index (χ1) is 9.65. The van der Waals surface area contributed by atoms with Crippen molar-refractivity contribution < 1.29 is 9.90 Å². The molecule has 104 valence electrons. The molecular formula is C15H14ClNO2S. The maximum absolute atomic E-state index is 11.8. The topological polar surface area (TPSA) is 49.3 Å². The fourth-order valence-electron chi connectivity index (χ4n) is 1.61. The second-order valence-corrected chi connectivity index (χ2v) is 5.70. The summed E-state index contributed by atoms with van der Waals surface area (Å²) in [5, 5.41) is 12.6. The third-order valence-electron chi connectivity index (χ3n) is 2.56. The predicted octanol–water partition coefficient (Wildman–Crippen LogP) is 4.17. The standard InChI is InChI=1S/C15H14ClNO2S/c16-13-6-1-2-7-14(13)17-15(19)8-9-20-12-5-3-4-11(18)10-12/h1-7,10,18H,8-9H2,(H,17,19). The van der Waals surface area contributed by atoms with Gasteiger partial charge in [0.15, 0.2) is 0 Å². The van der Waals surface area contributed by atoms with Crippen LogP contribution in [0.2, 0.25) is 5.02 Å². The van der Waals surface area contributed by atoms with E-state index < -0.39 is 0 Å². The third kappa shape index (κ3) is 4.47.